The Morgan fingerprint density at radius 2 is 1.71 bits per heavy atom. The largest absolute Gasteiger partial charge is 0.399 e. The second-order valence-corrected chi connectivity index (χ2v) is 5.95. The molecule has 0 saturated carbocycles. The number of hydrogen-bond acceptors (Lipinski definition) is 3. The van der Waals surface area contributed by atoms with Crippen molar-refractivity contribution in [3.63, 3.8) is 0 Å². The first-order chi connectivity index (χ1) is 11.4. The minimum Gasteiger partial charge on any atom is -0.399 e. The van der Waals surface area contributed by atoms with Gasteiger partial charge in [-0.3, -0.25) is 9.59 Å². The van der Waals surface area contributed by atoms with Gasteiger partial charge in [-0.1, -0.05) is 43.6 Å². The number of rotatable bonds is 4. The predicted octanol–water partition coefficient (Wildman–Crippen LogP) is 4.01. The van der Waals surface area contributed by atoms with Crippen LogP contribution in [-0.4, -0.2) is 11.8 Å². The van der Waals surface area contributed by atoms with E-state index in [1.54, 1.807) is 18.2 Å². The molecule has 1 unspecified atom stereocenters. The highest BCUT2D eigenvalue weighted by Crippen LogP contribution is 2.27. The van der Waals surface area contributed by atoms with Crippen molar-refractivity contribution >= 4 is 40.5 Å². The Morgan fingerprint density at radius 1 is 1.08 bits per heavy atom. The molecule has 1 atom stereocenters. The third-order valence-corrected chi connectivity index (χ3v) is 4.11. The van der Waals surface area contributed by atoms with E-state index in [1.165, 1.54) is 6.07 Å². The van der Waals surface area contributed by atoms with Crippen LogP contribution in [0.4, 0.5) is 17.1 Å². The lowest BCUT2D eigenvalue weighted by molar-refractivity contribution is -0.133. The highest BCUT2D eigenvalue weighted by molar-refractivity contribution is 6.45. The summed E-state index contributed by atoms with van der Waals surface area (Å²) in [7, 11) is 0. The molecule has 0 aromatic heterocycles. The molecule has 0 aliphatic heterocycles. The predicted molar refractivity (Wildman–Crippen MR) is 98.3 cm³/mol. The molecule has 2 aromatic rings. The van der Waals surface area contributed by atoms with Gasteiger partial charge in [0.1, 0.15) is 0 Å². The lowest BCUT2D eigenvalue weighted by Gasteiger charge is -2.15. The Morgan fingerprint density at radius 3 is 2.33 bits per heavy atom. The molecule has 2 aromatic carbocycles. The maximum atomic E-state index is 12.2. The minimum atomic E-state index is -0.791. The Kier molecular flexibility index (Phi) is 5.82. The smallest absolute Gasteiger partial charge is 0.314 e. The van der Waals surface area contributed by atoms with Crippen LogP contribution in [0.15, 0.2) is 42.5 Å². The van der Waals surface area contributed by atoms with Gasteiger partial charge in [0.2, 0.25) is 0 Å². The molecule has 0 aliphatic carbocycles. The van der Waals surface area contributed by atoms with Gasteiger partial charge in [0.25, 0.3) is 0 Å². The molecule has 6 heteroatoms. The number of nitrogen functional groups attached to an aromatic ring is 1. The van der Waals surface area contributed by atoms with Gasteiger partial charge in [-0.05, 0) is 42.2 Å². The van der Waals surface area contributed by atoms with Gasteiger partial charge in [-0.25, -0.2) is 0 Å². The standard InChI is InChI=1S/C18H20ClN3O2/c1-3-11(2)13-6-4-5-7-15(13)21-17(23)18(24)22-16-9-8-12(20)10-14(16)19/h4-11H,3,20H2,1-2H3,(H,21,23)(H,22,24). The van der Waals surface area contributed by atoms with E-state index < -0.39 is 11.8 Å². The van der Waals surface area contributed by atoms with Crippen LogP contribution in [0, 0.1) is 0 Å². The first-order valence-corrected chi connectivity index (χ1v) is 8.06. The number of nitrogens with two attached hydrogens (primary N) is 1. The Hall–Kier alpha value is -2.53. The fourth-order valence-corrected chi connectivity index (χ4v) is 2.49. The summed E-state index contributed by atoms with van der Waals surface area (Å²) in [5.41, 5.74) is 8.04. The number of anilines is 3. The van der Waals surface area contributed by atoms with Gasteiger partial charge in [-0.2, -0.15) is 0 Å². The average molecular weight is 346 g/mol. The SMILES string of the molecule is CCC(C)c1ccccc1NC(=O)C(=O)Nc1ccc(N)cc1Cl. The summed E-state index contributed by atoms with van der Waals surface area (Å²) in [6.07, 6.45) is 0.931. The van der Waals surface area contributed by atoms with Gasteiger partial charge < -0.3 is 16.4 Å². The maximum absolute atomic E-state index is 12.2. The van der Waals surface area contributed by atoms with E-state index in [0.29, 0.717) is 17.1 Å². The molecule has 0 aliphatic rings. The molecule has 24 heavy (non-hydrogen) atoms. The van der Waals surface area contributed by atoms with Crippen molar-refractivity contribution in [2.45, 2.75) is 26.2 Å². The minimum absolute atomic E-state index is 0.274. The summed E-state index contributed by atoms with van der Waals surface area (Å²) in [5.74, 6) is -1.27. The Balaban J connectivity index is 2.11. The molecule has 0 saturated heterocycles. The van der Waals surface area contributed by atoms with Gasteiger partial charge in [0.05, 0.1) is 10.7 Å². The fourth-order valence-electron chi connectivity index (χ4n) is 2.25. The number of carbonyl (C=O) groups excluding carboxylic acids is 2. The van der Waals surface area contributed by atoms with Crippen LogP contribution in [0.2, 0.25) is 5.02 Å². The zero-order chi connectivity index (χ0) is 17.7. The molecule has 5 nitrogen and oxygen atoms in total. The number of amides is 2. The monoisotopic (exact) mass is 345 g/mol. The van der Waals surface area contributed by atoms with E-state index in [0.717, 1.165) is 12.0 Å². The van der Waals surface area contributed by atoms with E-state index in [-0.39, 0.29) is 10.9 Å². The van der Waals surface area contributed by atoms with Gasteiger partial charge >= 0.3 is 11.8 Å². The first-order valence-electron chi connectivity index (χ1n) is 7.68. The molecule has 4 N–H and O–H groups in total. The zero-order valence-corrected chi connectivity index (χ0v) is 14.4. The highest BCUT2D eigenvalue weighted by Gasteiger charge is 2.18. The summed E-state index contributed by atoms with van der Waals surface area (Å²) in [6, 6.07) is 12.1. The molecular weight excluding hydrogens is 326 g/mol. The van der Waals surface area contributed by atoms with Crippen molar-refractivity contribution in [2.75, 3.05) is 16.4 Å². The molecule has 126 valence electrons. The molecule has 0 spiro atoms. The normalized spacial score (nSPS) is 11.6. The second-order valence-electron chi connectivity index (χ2n) is 5.54. The summed E-state index contributed by atoms with van der Waals surface area (Å²) in [6.45, 7) is 4.14. The van der Waals surface area contributed by atoms with Crippen LogP contribution < -0.4 is 16.4 Å². The van der Waals surface area contributed by atoms with Gasteiger partial charge in [0.15, 0.2) is 0 Å². The van der Waals surface area contributed by atoms with Crippen LogP contribution in [0.1, 0.15) is 31.7 Å². The van der Waals surface area contributed by atoms with Crippen LogP contribution in [0.3, 0.4) is 0 Å². The maximum Gasteiger partial charge on any atom is 0.314 e. The quantitative estimate of drug-likeness (QED) is 0.578. The summed E-state index contributed by atoms with van der Waals surface area (Å²) in [5, 5.41) is 5.41. The number of halogens is 1. The van der Waals surface area contributed by atoms with Crippen molar-refractivity contribution in [3.05, 3.63) is 53.1 Å². The summed E-state index contributed by atoms with van der Waals surface area (Å²) < 4.78 is 0. The Labute approximate surface area is 146 Å². The van der Waals surface area contributed by atoms with Crippen LogP contribution in [0.25, 0.3) is 0 Å². The topological polar surface area (TPSA) is 84.2 Å². The molecule has 0 radical (unpaired) electrons. The third-order valence-electron chi connectivity index (χ3n) is 3.80. The average Bonchev–Trinajstić information content (AvgIpc) is 2.57. The lowest BCUT2D eigenvalue weighted by atomic mass is 9.97. The van der Waals surface area contributed by atoms with E-state index in [4.69, 9.17) is 17.3 Å². The van der Waals surface area contributed by atoms with Crippen molar-refractivity contribution in [1.82, 2.24) is 0 Å². The van der Waals surface area contributed by atoms with Gasteiger partial charge in [0, 0.05) is 11.4 Å². The fraction of sp³-hybridized carbons (Fsp3) is 0.222. The van der Waals surface area contributed by atoms with Gasteiger partial charge in [-0.15, -0.1) is 0 Å². The second kappa shape index (κ2) is 7.84. The Bertz CT molecular complexity index is 762. The lowest BCUT2D eigenvalue weighted by Crippen LogP contribution is -2.29. The molecule has 0 bridgehead atoms. The number of nitrogens with one attached hydrogen (secondary N) is 2. The third kappa shape index (κ3) is 4.26. The first kappa shape index (κ1) is 17.8. The van der Waals surface area contributed by atoms with Crippen molar-refractivity contribution in [3.8, 4) is 0 Å². The number of carbonyl (C=O) groups is 2. The highest BCUT2D eigenvalue weighted by atomic mass is 35.5. The molecule has 2 amide bonds. The van der Waals surface area contributed by atoms with Crippen molar-refractivity contribution in [1.29, 1.82) is 0 Å². The summed E-state index contributed by atoms with van der Waals surface area (Å²) >= 11 is 6.00. The van der Waals surface area contributed by atoms with Crippen LogP contribution in [-0.2, 0) is 9.59 Å². The van der Waals surface area contributed by atoms with Crippen LogP contribution in [0.5, 0.6) is 0 Å². The zero-order valence-electron chi connectivity index (χ0n) is 13.6. The molecule has 0 fully saturated rings. The van der Waals surface area contributed by atoms with Crippen molar-refractivity contribution < 1.29 is 9.59 Å². The molecule has 2 rings (SSSR count). The van der Waals surface area contributed by atoms with Crippen molar-refractivity contribution in [2.24, 2.45) is 0 Å². The van der Waals surface area contributed by atoms with E-state index >= 15 is 0 Å². The summed E-state index contributed by atoms with van der Waals surface area (Å²) in [4.78, 5) is 24.3. The van der Waals surface area contributed by atoms with E-state index in [1.807, 2.05) is 18.2 Å². The number of para-hydroxylation sites is 1. The van der Waals surface area contributed by atoms with E-state index in [9.17, 15) is 9.59 Å². The number of benzene rings is 2. The van der Waals surface area contributed by atoms with E-state index in [2.05, 4.69) is 24.5 Å². The number of hydrogen-bond donors (Lipinski definition) is 3. The molecular formula is C18H20ClN3O2. The van der Waals surface area contributed by atoms with Crippen LogP contribution >= 0.6 is 11.6 Å². The molecule has 0 heterocycles.